The molecule has 0 aromatic rings. The first-order valence-corrected chi connectivity index (χ1v) is 4.05. The zero-order valence-corrected chi connectivity index (χ0v) is 7.70. The van der Waals surface area contributed by atoms with Crippen LogP contribution < -0.4 is 0 Å². The van der Waals surface area contributed by atoms with Crippen molar-refractivity contribution in [1.82, 2.24) is 4.90 Å². The van der Waals surface area contributed by atoms with E-state index in [4.69, 9.17) is 9.47 Å². The van der Waals surface area contributed by atoms with E-state index >= 15 is 0 Å². The van der Waals surface area contributed by atoms with Crippen molar-refractivity contribution in [1.29, 1.82) is 0 Å². The summed E-state index contributed by atoms with van der Waals surface area (Å²) in [6, 6.07) is 0. The average Bonchev–Trinajstić information content (AvgIpc) is 2.10. The van der Waals surface area contributed by atoms with E-state index in [2.05, 4.69) is 4.90 Å². The van der Waals surface area contributed by atoms with Gasteiger partial charge in [0, 0.05) is 6.54 Å². The highest BCUT2D eigenvalue weighted by atomic mass is 16.7. The molecule has 66 valence electrons. The minimum absolute atomic E-state index is 0.0324. The molecule has 3 nitrogen and oxygen atoms in total. The Morgan fingerprint density at radius 3 is 1.91 bits per heavy atom. The molecule has 1 rings (SSSR count). The van der Waals surface area contributed by atoms with Gasteiger partial charge in [-0.1, -0.05) is 0 Å². The summed E-state index contributed by atoms with van der Waals surface area (Å²) in [5.41, 5.74) is 0. The third kappa shape index (κ3) is 2.43. The summed E-state index contributed by atoms with van der Waals surface area (Å²) in [6.07, 6.45) is 0.440. The topological polar surface area (TPSA) is 21.7 Å². The average molecular weight is 159 g/mol. The first kappa shape index (κ1) is 8.97. The lowest BCUT2D eigenvalue weighted by molar-refractivity contribution is -0.0738. The molecule has 0 spiro atoms. The minimum atomic E-state index is -0.0324. The van der Waals surface area contributed by atoms with Gasteiger partial charge in [0.25, 0.3) is 0 Å². The van der Waals surface area contributed by atoms with Crippen LogP contribution in [0, 0.1) is 0 Å². The quantitative estimate of drug-likeness (QED) is 0.592. The highest BCUT2D eigenvalue weighted by molar-refractivity contribution is 4.70. The Kier molecular flexibility index (Phi) is 2.87. The lowest BCUT2D eigenvalue weighted by Crippen LogP contribution is -2.26. The molecule has 0 aromatic heterocycles. The van der Waals surface area contributed by atoms with Gasteiger partial charge in [-0.15, -0.1) is 0 Å². The van der Waals surface area contributed by atoms with Gasteiger partial charge in [0.15, 0.2) is 6.29 Å². The van der Waals surface area contributed by atoms with Crippen LogP contribution in [-0.2, 0) is 9.47 Å². The number of likely N-dealkylation sites (N-methyl/N-ethyl adjacent to an activating group) is 1. The lowest BCUT2D eigenvalue weighted by Gasteiger charge is -2.14. The zero-order valence-electron chi connectivity index (χ0n) is 7.70. The predicted molar refractivity (Wildman–Crippen MR) is 43.4 cm³/mol. The molecule has 2 unspecified atom stereocenters. The zero-order chi connectivity index (χ0) is 8.43. The number of ether oxygens (including phenoxy) is 2. The minimum Gasteiger partial charge on any atom is -0.346 e. The Morgan fingerprint density at radius 2 is 1.55 bits per heavy atom. The Morgan fingerprint density at radius 1 is 1.09 bits per heavy atom. The van der Waals surface area contributed by atoms with Crippen LogP contribution in [0.3, 0.4) is 0 Å². The van der Waals surface area contributed by atoms with Crippen molar-refractivity contribution in [2.24, 2.45) is 0 Å². The fourth-order valence-corrected chi connectivity index (χ4v) is 1.12. The lowest BCUT2D eigenvalue weighted by atomic mass is 10.3. The van der Waals surface area contributed by atoms with Gasteiger partial charge < -0.3 is 14.4 Å². The SMILES string of the molecule is CC1OC(CN(C)C)OC1C. The van der Waals surface area contributed by atoms with Crippen molar-refractivity contribution >= 4 is 0 Å². The largest absolute Gasteiger partial charge is 0.346 e. The second-order valence-electron chi connectivity index (χ2n) is 3.37. The van der Waals surface area contributed by atoms with Crippen molar-refractivity contribution in [2.45, 2.75) is 32.3 Å². The highest BCUT2D eigenvalue weighted by Crippen LogP contribution is 2.18. The van der Waals surface area contributed by atoms with Crippen molar-refractivity contribution in [3.8, 4) is 0 Å². The van der Waals surface area contributed by atoms with E-state index in [1.807, 2.05) is 27.9 Å². The van der Waals surface area contributed by atoms with Crippen LogP contribution in [0.4, 0.5) is 0 Å². The Labute approximate surface area is 68.3 Å². The maximum atomic E-state index is 5.52. The molecule has 0 N–H and O–H groups in total. The van der Waals surface area contributed by atoms with Gasteiger partial charge in [-0.05, 0) is 27.9 Å². The second kappa shape index (κ2) is 3.52. The maximum Gasteiger partial charge on any atom is 0.171 e. The Bertz CT molecular complexity index is 115. The Balaban J connectivity index is 2.29. The second-order valence-corrected chi connectivity index (χ2v) is 3.37. The van der Waals surface area contributed by atoms with Gasteiger partial charge in [0.05, 0.1) is 12.2 Å². The molecule has 1 saturated heterocycles. The van der Waals surface area contributed by atoms with Crippen molar-refractivity contribution in [3.63, 3.8) is 0 Å². The summed E-state index contributed by atoms with van der Waals surface area (Å²) < 4.78 is 11.0. The molecule has 3 heteroatoms. The van der Waals surface area contributed by atoms with Crippen LogP contribution >= 0.6 is 0 Å². The van der Waals surface area contributed by atoms with Crippen LogP contribution in [0.1, 0.15) is 13.8 Å². The van der Waals surface area contributed by atoms with E-state index in [1.165, 1.54) is 0 Å². The number of hydrogen-bond acceptors (Lipinski definition) is 3. The fourth-order valence-electron chi connectivity index (χ4n) is 1.12. The number of hydrogen-bond donors (Lipinski definition) is 0. The third-order valence-electron chi connectivity index (χ3n) is 1.91. The third-order valence-corrected chi connectivity index (χ3v) is 1.91. The molecule has 0 radical (unpaired) electrons. The van der Waals surface area contributed by atoms with E-state index in [0.29, 0.717) is 0 Å². The molecule has 0 bridgehead atoms. The van der Waals surface area contributed by atoms with E-state index in [-0.39, 0.29) is 18.5 Å². The molecule has 0 saturated carbocycles. The summed E-state index contributed by atoms with van der Waals surface area (Å²) in [7, 11) is 4.03. The molecule has 1 aliphatic heterocycles. The van der Waals surface area contributed by atoms with Crippen LogP contribution in [0.5, 0.6) is 0 Å². The standard InChI is InChI=1S/C8H17NO2/c1-6-7(2)11-8(10-6)5-9(3)4/h6-8H,5H2,1-4H3. The molecule has 0 amide bonds. The molecule has 1 heterocycles. The molecule has 1 fully saturated rings. The first-order chi connectivity index (χ1) is 5.09. The van der Waals surface area contributed by atoms with Gasteiger partial charge >= 0.3 is 0 Å². The molecule has 1 aliphatic rings. The first-order valence-electron chi connectivity index (χ1n) is 4.05. The van der Waals surface area contributed by atoms with Crippen molar-refractivity contribution < 1.29 is 9.47 Å². The van der Waals surface area contributed by atoms with Crippen molar-refractivity contribution in [3.05, 3.63) is 0 Å². The molecule has 0 aliphatic carbocycles. The molecular weight excluding hydrogens is 142 g/mol. The predicted octanol–water partition coefficient (Wildman–Crippen LogP) is 0.698. The molecule has 11 heavy (non-hydrogen) atoms. The van der Waals surface area contributed by atoms with Crippen LogP contribution in [0.25, 0.3) is 0 Å². The van der Waals surface area contributed by atoms with Gasteiger partial charge in [-0.25, -0.2) is 0 Å². The normalized spacial score (nSPS) is 38.5. The number of rotatable bonds is 2. The smallest absolute Gasteiger partial charge is 0.171 e. The van der Waals surface area contributed by atoms with Crippen molar-refractivity contribution in [2.75, 3.05) is 20.6 Å². The van der Waals surface area contributed by atoms with Crippen LogP contribution in [0.2, 0.25) is 0 Å². The van der Waals surface area contributed by atoms with Gasteiger partial charge in [0.2, 0.25) is 0 Å². The Hall–Kier alpha value is -0.120. The van der Waals surface area contributed by atoms with Crippen LogP contribution in [0.15, 0.2) is 0 Å². The molecule has 2 atom stereocenters. The maximum absolute atomic E-state index is 5.52. The fraction of sp³-hybridized carbons (Fsp3) is 1.00. The summed E-state index contributed by atoms with van der Waals surface area (Å²) in [5, 5.41) is 0. The van der Waals surface area contributed by atoms with E-state index in [0.717, 1.165) is 6.54 Å². The van der Waals surface area contributed by atoms with Gasteiger partial charge in [0.1, 0.15) is 0 Å². The van der Waals surface area contributed by atoms with E-state index < -0.39 is 0 Å². The monoisotopic (exact) mass is 159 g/mol. The van der Waals surface area contributed by atoms with Crippen LogP contribution in [-0.4, -0.2) is 44.0 Å². The summed E-state index contributed by atoms with van der Waals surface area (Å²) in [6.45, 7) is 4.93. The molecule has 0 aromatic carbocycles. The van der Waals surface area contributed by atoms with E-state index in [9.17, 15) is 0 Å². The van der Waals surface area contributed by atoms with Gasteiger partial charge in [-0.3, -0.25) is 0 Å². The summed E-state index contributed by atoms with van der Waals surface area (Å²) in [4.78, 5) is 2.06. The summed E-state index contributed by atoms with van der Waals surface area (Å²) in [5.74, 6) is 0. The van der Waals surface area contributed by atoms with E-state index in [1.54, 1.807) is 0 Å². The highest BCUT2D eigenvalue weighted by Gasteiger charge is 2.29. The summed E-state index contributed by atoms with van der Waals surface area (Å²) >= 11 is 0. The van der Waals surface area contributed by atoms with Gasteiger partial charge in [-0.2, -0.15) is 0 Å². The molecular formula is C8H17NO2. The number of nitrogens with zero attached hydrogens (tertiary/aromatic N) is 1.